The fourth-order valence-electron chi connectivity index (χ4n) is 4.64. The number of carbonyl (C=O) groups excluding carboxylic acids is 5. The normalized spacial score (nSPS) is 10.3. The molecule has 3 aromatic carbocycles. The molecule has 0 saturated carbocycles. The Balaban J connectivity index is 1.56. The van der Waals surface area contributed by atoms with Gasteiger partial charge in [0.1, 0.15) is 22.8 Å². The van der Waals surface area contributed by atoms with E-state index < -0.39 is 23.9 Å². The third-order valence-corrected chi connectivity index (χ3v) is 7.67. The largest absolute Gasteiger partial charge is 0.494 e. The maximum absolute atomic E-state index is 13.2. The zero-order valence-corrected chi connectivity index (χ0v) is 30.7. The zero-order valence-electron chi connectivity index (χ0n) is 30.7. The summed E-state index contributed by atoms with van der Waals surface area (Å²) in [6, 6.07) is 18.2. The first-order chi connectivity index (χ1) is 26.0. The van der Waals surface area contributed by atoms with Gasteiger partial charge in [0, 0.05) is 11.1 Å². The van der Waals surface area contributed by atoms with Crippen LogP contribution in [0.3, 0.4) is 0 Å². The number of esters is 5. The molecule has 3 aromatic rings. The summed E-state index contributed by atoms with van der Waals surface area (Å²) in [5.74, 6) is -2.59. The number of ether oxygens (including phenoxy) is 6. The van der Waals surface area contributed by atoms with E-state index in [1.165, 1.54) is 42.5 Å². The van der Waals surface area contributed by atoms with Gasteiger partial charge in [-0.25, -0.2) is 24.0 Å². The van der Waals surface area contributed by atoms with E-state index in [2.05, 4.69) is 13.2 Å². The number of hydrogen-bond acceptors (Lipinski definition) is 12. The maximum Gasteiger partial charge on any atom is 0.343 e. The fraction of sp³-hybridized carbons (Fsp3) is 0.333. The minimum atomic E-state index is -0.793. The summed E-state index contributed by atoms with van der Waals surface area (Å²) >= 11 is 0. The minimum Gasteiger partial charge on any atom is -0.494 e. The van der Waals surface area contributed by atoms with Crippen molar-refractivity contribution in [1.29, 1.82) is 5.26 Å². The van der Waals surface area contributed by atoms with Crippen LogP contribution in [0.1, 0.15) is 102 Å². The third kappa shape index (κ3) is 14.8. The molecule has 12 heteroatoms. The zero-order chi connectivity index (χ0) is 39.3. The number of hydrogen-bond donors (Lipinski definition) is 0. The average Bonchev–Trinajstić information content (AvgIpc) is 3.17. The summed E-state index contributed by atoms with van der Waals surface area (Å²) in [5, 5.41) is 9.05. The molecule has 54 heavy (non-hydrogen) atoms. The lowest BCUT2D eigenvalue weighted by Crippen LogP contribution is -2.14. The summed E-state index contributed by atoms with van der Waals surface area (Å²) in [7, 11) is 0. The lowest BCUT2D eigenvalue weighted by atomic mass is 10.1. The maximum atomic E-state index is 13.2. The summed E-state index contributed by atoms with van der Waals surface area (Å²) in [5.41, 5.74) is 1.33. The van der Waals surface area contributed by atoms with Gasteiger partial charge < -0.3 is 28.4 Å². The molecule has 0 fully saturated rings. The summed E-state index contributed by atoms with van der Waals surface area (Å²) < 4.78 is 32.5. The van der Waals surface area contributed by atoms with Crippen LogP contribution in [-0.4, -0.2) is 56.3 Å². The van der Waals surface area contributed by atoms with Crippen LogP contribution in [-0.2, 0) is 23.8 Å². The van der Waals surface area contributed by atoms with Crippen molar-refractivity contribution >= 4 is 29.8 Å². The summed E-state index contributed by atoms with van der Waals surface area (Å²) in [6.45, 7) is 11.4. The van der Waals surface area contributed by atoms with Crippen LogP contribution < -0.4 is 14.2 Å². The van der Waals surface area contributed by atoms with Crippen LogP contribution in [0.25, 0.3) is 0 Å². The second kappa shape index (κ2) is 22.7. The molecule has 284 valence electrons. The van der Waals surface area contributed by atoms with Gasteiger partial charge in [-0.15, -0.1) is 0 Å². The fourth-order valence-corrected chi connectivity index (χ4v) is 4.64. The van der Waals surface area contributed by atoms with Gasteiger partial charge in [-0.2, -0.15) is 5.26 Å². The van der Waals surface area contributed by atoms with E-state index in [-0.39, 0.29) is 47.4 Å². The molecule has 0 atom stereocenters. The smallest absolute Gasteiger partial charge is 0.343 e. The van der Waals surface area contributed by atoms with E-state index in [0.29, 0.717) is 54.9 Å². The van der Waals surface area contributed by atoms with Crippen LogP contribution in [0.5, 0.6) is 17.2 Å². The van der Waals surface area contributed by atoms with Gasteiger partial charge in [-0.3, -0.25) is 0 Å². The Kier molecular flexibility index (Phi) is 17.7. The number of nitrogens with zero attached hydrogens (tertiary/aromatic N) is 1. The van der Waals surface area contributed by atoms with Crippen molar-refractivity contribution < 1.29 is 52.4 Å². The molecule has 0 bridgehead atoms. The first-order valence-electron chi connectivity index (χ1n) is 17.6. The predicted molar refractivity (Wildman–Crippen MR) is 198 cm³/mol. The van der Waals surface area contributed by atoms with E-state index >= 15 is 0 Å². The molecule has 3 rings (SSSR count). The van der Waals surface area contributed by atoms with E-state index in [1.54, 1.807) is 38.1 Å². The van der Waals surface area contributed by atoms with Gasteiger partial charge in [-0.05, 0) is 132 Å². The van der Waals surface area contributed by atoms with E-state index in [1.807, 2.05) is 6.07 Å². The molecule has 0 aliphatic carbocycles. The Morgan fingerprint density at radius 2 is 1.02 bits per heavy atom. The highest BCUT2D eigenvalue weighted by Crippen LogP contribution is 2.27. The van der Waals surface area contributed by atoms with Gasteiger partial charge in [0.2, 0.25) is 0 Å². The number of unbranched alkanes of at least 4 members (excludes halogenated alkanes) is 6. The Labute approximate surface area is 315 Å². The Bertz CT molecular complexity index is 1820. The van der Waals surface area contributed by atoms with E-state index in [9.17, 15) is 24.0 Å². The molecular weight excluding hydrogens is 694 g/mol. The van der Waals surface area contributed by atoms with Crippen molar-refractivity contribution in [2.24, 2.45) is 0 Å². The van der Waals surface area contributed by atoms with Gasteiger partial charge in [0.05, 0.1) is 49.2 Å². The molecule has 0 saturated heterocycles. The van der Waals surface area contributed by atoms with Gasteiger partial charge in [0.15, 0.2) is 0 Å². The molecule has 0 heterocycles. The van der Waals surface area contributed by atoms with Crippen LogP contribution in [0, 0.1) is 11.3 Å². The van der Waals surface area contributed by atoms with Crippen molar-refractivity contribution in [3.05, 3.63) is 113 Å². The van der Waals surface area contributed by atoms with Crippen LogP contribution in [0.4, 0.5) is 0 Å². The molecular formula is C42H45NO11. The topological polar surface area (TPSA) is 165 Å². The standard InChI is InChI=1S/C42H45NO11/c1-29(2)38(44)50-24-10-6-5-9-23-49-34-19-17-33(18-20-34)40(46)53-35-21-22-37(54-41(47)32-15-13-31(28-43)14-16-32)36(27-35)42(48)52-26-12-8-7-11-25-51-39(45)30(3)4/h13-22,27H,1,3,5-12,23-26H2,2,4H3. The third-order valence-electron chi connectivity index (χ3n) is 7.67. The quantitative estimate of drug-likeness (QED) is 0.0322. The summed E-state index contributed by atoms with van der Waals surface area (Å²) in [4.78, 5) is 62.0. The van der Waals surface area contributed by atoms with Crippen LogP contribution >= 0.6 is 0 Å². The molecule has 0 aliphatic heterocycles. The van der Waals surface area contributed by atoms with Gasteiger partial charge in [0.25, 0.3) is 0 Å². The number of nitriles is 1. The Morgan fingerprint density at radius 1 is 0.556 bits per heavy atom. The average molecular weight is 740 g/mol. The molecule has 0 spiro atoms. The minimum absolute atomic E-state index is 0.0177. The highest BCUT2D eigenvalue weighted by Gasteiger charge is 2.21. The van der Waals surface area contributed by atoms with Crippen LogP contribution in [0.15, 0.2) is 91.0 Å². The van der Waals surface area contributed by atoms with E-state index in [0.717, 1.165) is 32.1 Å². The molecule has 12 nitrogen and oxygen atoms in total. The molecule has 0 amide bonds. The number of carbonyl (C=O) groups is 5. The molecule has 0 N–H and O–H groups in total. The number of benzene rings is 3. The monoisotopic (exact) mass is 739 g/mol. The number of rotatable bonds is 22. The molecule has 0 unspecified atom stereocenters. The molecule has 0 aliphatic rings. The van der Waals surface area contributed by atoms with Crippen molar-refractivity contribution in [3.63, 3.8) is 0 Å². The van der Waals surface area contributed by atoms with Crippen molar-refractivity contribution in [1.82, 2.24) is 0 Å². The van der Waals surface area contributed by atoms with Crippen molar-refractivity contribution in [3.8, 4) is 23.3 Å². The van der Waals surface area contributed by atoms with Crippen LogP contribution in [0.2, 0.25) is 0 Å². The first kappa shape index (κ1) is 42.2. The van der Waals surface area contributed by atoms with Crippen molar-refractivity contribution in [2.45, 2.75) is 65.2 Å². The molecule has 0 radical (unpaired) electrons. The predicted octanol–water partition coefficient (Wildman–Crippen LogP) is 7.89. The van der Waals surface area contributed by atoms with Gasteiger partial charge >= 0.3 is 29.8 Å². The SMILES string of the molecule is C=C(C)C(=O)OCCCCCCOC(=O)c1cc(OC(=O)c2ccc(OCCCCCCOC(=O)C(=C)C)cc2)ccc1OC(=O)c1ccc(C#N)cc1. The van der Waals surface area contributed by atoms with E-state index in [4.69, 9.17) is 33.7 Å². The highest BCUT2D eigenvalue weighted by molar-refractivity contribution is 5.97. The highest BCUT2D eigenvalue weighted by atomic mass is 16.6. The first-order valence-corrected chi connectivity index (χ1v) is 17.6. The molecule has 0 aromatic heterocycles. The second-order valence-electron chi connectivity index (χ2n) is 12.3. The van der Waals surface area contributed by atoms with Gasteiger partial charge in [-0.1, -0.05) is 13.2 Å². The Hall–Kier alpha value is -6.22. The Morgan fingerprint density at radius 3 is 1.54 bits per heavy atom. The van der Waals surface area contributed by atoms with Crippen molar-refractivity contribution in [2.75, 3.05) is 26.4 Å². The summed E-state index contributed by atoms with van der Waals surface area (Å²) in [6.07, 6.45) is 5.96. The lowest BCUT2D eigenvalue weighted by Gasteiger charge is -2.13. The second-order valence-corrected chi connectivity index (χ2v) is 12.3. The lowest BCUT2D eigenvalue weighted by molar-refractivity contribution is -0.139.